The molecule has 8 heteroatoms. The molecule has 0 aromatic carbocycles. The molecule has 25 heavy (non-hydrogen) atoms. The van der Waals surface area contributed by atoms with Gasteiger partial charge < -0.3 is 20.3 Å². The van der Waals surface area contributed by atoms with E-state index in [0.717, 1.165) is 17.7 Å². The molecule has 4 atom stereocenters. The van der Waals surface area contributed by atoms with E-state index in [1.165, 1.54) is 12.2 Å². The summed E-state index contributed by atoms with van der Waals surface area (Å²) in [6.45, 7) is 0.498. The first kappa shape index (κ1) is 19.6. The van der Waals surface area contributed by atoms with Gasteiger partial charge in [0.2, 0.25) is 5.91 Å². The average molecular weight is 354 g/mol. The maximum absolute atomic E-state index is 11.8. The van der Waals surface area contributed by atoms with Crippen LogP contribution in [-0.2, 0) is 19.1 Å². The molecule has 2 aliphatic rings. The first-order chi connectivity index (χ1) is 12.0. The molecule has 4 unspecified atom stereocenters. The third-order valence-electron chi connectivity index (χ3n) is 4.93. The van der Waals surface area contributed by atoms with E-state index in [4.69, 9.17) is 4.74 Å². The number of methoxy groups -OCH3 is 1. The maximum Gasteiger partial charge on any atom is 0.253 e. The molecule has 0 aromatic heterocycles. The topological polar surface area (TPSA) is 116 Å². The molecule has 0 aromatic rings. The number of nitrogens with zero attached hydrogens (tertiary/aromatic N) is 1. The number of aliphatic hydroxyl groups is 2. The summed E-state index contributed by atoms with van der Waals surface area (Å²) in [5.41, 5.74) is 0. The van der Waals surface area contributed by atoms with Crippen LogP contribution in [0.3, 0.4) is 0 Å². The van der Waals surface area contributed by atoms with E-state index in [-0.39, 0.29) is 55.2 Å². The van der Waals surface area contributed by atoms with E-state index < -0.39 is 6.10 Å². The summed E-state index contributed by atoms with van der Waals surface area (Å²) in [6.07, 6.45) is 3.74. The van der Waals surface area contributed by atoms with Gasteiger partial charge in [-0.1, -0.05) is 0 Å². The number of carbonyl (C=O) groups excluding carboxylic acids is 3. The lowest BCUT2D eigenvalue weighted by Crippen LogP contribution is -2.35. The van der Waals surface area contributed by atoms with Gasteiger partial charge in [0.05, 0.1) is 12.2 Å². The third kappa shape index (κ3) is 4.87. The first-order valence-electron chi connectivity index (χ1n) is 8.59. The number of rotatable bonds is 9. The zero-order chi connectivity index (χ0) is 18.4. The largest absolute Gasteiger partial charge is 0.396 e. The number of aliphatic hydroxyl groups excluding tert-OH is 2. The third-order valence-corrected chi connectivity index (χ3v) is 4.93. The quantitative estimate of drug-likeness (QED) is 0.369. The van der Waals surface area contributed by atoms with Crippen LogP contribution in [0.15, 0.2) is 12.2 Å². The van der Waals surface area contributed by atoms with Crippen LogP contribution in [0.2, 0.25) is 0 Å². The van der Waals surface area contributed by atoms with Crippen molar-refractivity contribution < 1.29 is 29.3 Å². The van der Waals surface area contributed by atoms with Crippen LogP contribution in [0.1, 0.15) is 25.7 Å². The lowest BCUT2D eigenvalue weighted by molar-refractivity contribution is -0.137. The first-order valence-corrected chi connectivity index (χ1v) is 8.59. The molecule has 1 heterocycles. The summed E-state index contributed by atoms with van der Waals surface area (Å²) in [5.74, 6) is -0.993. The SMILES string of the molecule is COC1C(CCCNC(=O)CCN2C(=O)C=CC2=O)CC(CO)C1O. The molecular weight excluding hydrogens is 328 g/mol. The molecule has 1 aliphatic carbocycles. The Morgan fingerprint density at radius 2 is 2.00 bits per heavy atom. The molecule has 1 fully saturated rings. The molecule has 2 rings (SSSR count). The molecule has 1 aliphatic heterocycles. The highest BCUT2D eigenvalue weighted by Crippen LogP contribution is 2.35. The highest BCUT2D eigenvalue weighted by molar-refractivity contribution is 6.13. The highest BCUT2D eigenvalue weighted by Gasteiger charge is 2.41. The van der Waals surface area contributed by atoms with Crippen LogP contribution < -0.4 is 5.32 Å². The summed E-state index contributed by atoms with van der Waals surface area (Å²) in [4.78, 5) is 35.6. The fourth-order valence-corrected chi connectivity index (χ4v) is 3.55. The predicted octanol–water partition coefficient (Wildman–Crippen LogP) is -0.798. The fourth-order valence-electron chi connectivity index (χ4n) is 3.55. The standard InChI is InChI=1S/C17H26N2O6/c1-25-17-11(9-12(10-20)16(17)24)3-2-7-18-13(21)6-8-19-14(22)4-5-15(19)23/h4-5,11-12,16-17,20,24H,2-3,6-10H2,1H3,(H,18,21). The molecule has 0 bridgehead atoms. The second kappa shape index (κ2) is 9.07. The van der Waals surface area contributed by atoms with Crippen LogP contribution in [0.4, 0.5) is 0 Å². The fraction of sp³-hybridized carbons (Fsp3) is 0.706. The molecule has 1 saturated carbocycles. The molecule has 0 spiro atoms. The van der Waals surface area contributed by atoms with Gasteiger partial charge in [-0.25, -0.2) is 0 Å². The van der Waals surface area contributed by atoms with E-state index in [2.05, 4.69) is 5.32 Å². The van der Waals surface area contributed by atoms with E-state index in [1.807, 2.05) is 0 Å². The zero-order valence-electron chi connectivity index (χ0n) is 14.4. The Bertz CT molecular complexity index is 517. The Labute approximate surface area is 146 Å². The van der Waals surface area contributed by atoms with Gasteiger partial charge in [-0.2, -0.15) is 0 Å². The maximum atomic E-state index is 11.8. The Morgan fingerprint density at radius 1 is 1.32 bits per heavy atom. The lowest BCUT2D eigenvalue weighted by Gasteiger charge is -2.21. The van der Waals surface area contributed by atoms with Gasteiger partial charge in [0.25, 0.3) is 11.8 Å². The Morgan fingerprint density at radius 3 is 2.60 bits per heavy atom. The average Bonchev–Trinajstić information content (AvgIpc) is 3.08. The lowest BCUT2D eigenvalue weighted by atomic mass is 9.98. The number of ether oxygens (including phenoxy) is 1. The Balaban J connectivity index is 1.63. The molecule has 0 radical (unpaired) electrons. The van der Waals surface area contributed by atoms with Crippen molar-refractivity contribution in [2.24, 2.45) is 11.8 Å². The van der Waals surface area contributed by atoms with Crippen molar-refractivity contribution >= 4 is 17.7 Å². The number of hydrogen-bond acceptors (Lipinski definition) is 6. The van der Waals surface area contributed by atoms with Gasteiger partial charge in [-0.3, -0.25) is 19.3 Å². The van der Waals surface area contributed by atoms with E-state index in [9.17, 15) is 24.6 Å². The smallest absolute Gasteiger partial charge is 0.253 e. The minimum atomic E-state index is -0.654. The molecule has 8 nitrogen and oxygen atoms in total. The monoisotopic (exact) mass is 354 g/mol. The van der Waals surface area contributed by atoms with Gasteiger partial charge in [-0.15, -0.1) is 0 Å². The van der Waals surface area contributed by atoms with Crippen molar-refractivity contribution in [1.29, 1.82) is 0 Å². The van der Waals surface area contributed by atoms with Crippen LogP contribution in [0.5, 0.6) is 0 Å². The summed E-state index contributed by atoms with van der Waals surface area (Å²) in [5, 5.41) is 22.1. The molecular formula is C17H26N2O6. The van der Waals surface area contributed by atoms with Crippen LogP contribution in [0, 0.1) is 11.8 Å². The van der Waals surface area contributed by atoms with Crippen molar-refractivity contribution in [2.45, 2.75) is 37.9 Å². The number of imide groups is 1. The normalized spacial score (nSPS) is 28.8. The summed E-state index contributed by atoms with van der Waals surface area (Å²) in [6, 6.07) is 0. The molecule has 140 valence electrons. The number of amides is 3. The second-order valence-electron chi connectivity index (χ2n) is 6.53. The van der Waals surface area contributed by atoms with Crippen LogP contribution in [-0.4, -0.2) is 71.8 Å². The van der Waals surface area contributed by atoms with Gasteiger partial charge in [0.15, 0.2) is 0 Å². The van der Waals surface area contributed by atoms with Crippen LogP contribution >= 0.6 is 0 Å². The zero-order valence-corrected chi connectivity index (χ0v) is 14.4. The minimum Gasteiger partial charge on any atom is -0.396 e. The van der Waals surface area contributed by atoms with Crippen molar-refractivity contribution in [3.8, 4) is 0 Å². The van der Waals surface area contributed by atoms with Crippen molar-refractivity contribution in [3.63, 3.8) is 0 Å². The van der Waals surface area contributed by atoms with Crippen molar-refractivity contribution in [3.05, 3.63) is 12.2 Å². The Kier molecular flexibility index (Phi) is 7.10. The van der Waals surface area contributed by atoms with Crippen molar-refractivity contribution in [2.75, 3.05) is 26.8 Å². The molecule has 3 amide bonds. The van der Waals surface area contributed by atoms with Gasteiger partial charge in [-0.05, 0) is 25.2 Å². The number of nitrogens with one attached hydrogen (secondary N) is 1. The second-order valence-corrected chi connectivity index (χ2v) is 6.53. The molecule has 3 N–H and O–H groups in total. The number of hydrogen-bond donors (Lipinski definition) is 3. The van der Waals surface area contributed by atoms with E-state index in [1.54, 1.807) is 7.11 Å². The summed E-state index contributed by atoms with van der Waals surface area (Å²) >= 11 is 0. The van der Waals surface area contributed by atoms with E-state index >= 15 is 0 Å². The van der Waals surface area contributed by atoms with Gasteiger partial charge in [0, 0.05) is 51.3 Å². The van der Waals surface area contributed by atoms with E-state index in [0.29, 0.717) is 13.0 Å². The predicted molar refractivity (Wildman–Crippen MR) is 88.2 cm³/mol. The summed E-state index contributed by atoms with van der Waals surface area (Å²) < 4.78 is 5.34. The van der Waals surface area contributed by atoms with Gasteiger partial charge in [0.1, 0.15) is 0 Å². The van der Waals surface area contributed by atoms with Gasteiger partial charge >= 0.3 is 0 Å². The minimum absolute atomic E-state index is 0.0585. The number of carbonyl (C=O) groups is 3. The summed E-state index contributed by atoms with van der Waals surface area (Å²) in [7, 11) is 1.55. The van der Waals surface area contributed by atoms with Crippen molar-refractivity contribution in [1.82, 2.24) is 10.2 Å². The Hall–Kier alpha value is -1.77. The molecule has 0 saturated heterocycles. The highest BCUT2D eigenvalue weighted by atomic mass is 16.5. The van der Waals surface area contributed by atoms with Crippen LogP contribution in [0.25, 0.3) is 0 Å².